The van der Waals surface area contributed by atoms with Gasteiger partial charge in [0.15, 0.2) is 22.9 Å². The van der Waals surface area contributed by atoms with Crippen LogP contribution in [0.5, 0.6) is 11.5 Å². The summed E-state index contributed by atoms with van der Waals surface area (Å²) in [6.07, 6.45) is 0. The third-order valence-corrected chi connectivity index (χ3v) is 6.71. The third kappa shape index (κ3) is 3.69. The maximum absolute atomic E-state index is 13.8. The third-order valence-electron chi connectivity index (χ3n) is 6.49. The van der Waals surface area contributed by atoms with Crippen molar-refractivity contribution in [2.75, 3.05) is 12.0 Å². The standard InChI is InChI=1S/C28H22ClNO6/c1-14-5-4-6-20(15(14)2)30-24(16-7-9-19(31)10-8-16)23(26(33)28(30)34)25(32)21-12-17-11-18(29)13-22(35-3)27(17)36-21/h4-13,24,31,33H,1-3H3. The predicted octanol–water partition coefficient (Wildman–Crippen LogP) is 6.20. The number of phenols is 1. The highest BCUT2D eigenvalue weighted by Crippen LogP contribution is 2.44. The SMILES string of the molecule is COc1cc(Cl)cc2cc(C(=O)C3=C(O)C(=O)N(c4cccc(C)c4C)C3c3ccc(O)cc3)oc12. The number of furan rings is 1. The van der Waals surface area contributed by atoms with Crippen molar-refractivity contribution in [2.24, 2.45) is 0 Å². The van der Waals surface area contributed by atoms with E-state index in [2.05, 4.69) is 0 Å². The second-order valence-electron chi connectivity index (χ2n) is 8.62. The molecule has 0 bridgehead atoms. The number of methoxy groups -OCH3 is 1. The summed E-state index contributed by atoms with van der Waals surface area (Å²) in [5, 5.41) is 21.8. The molecule has 5 rings (SSSR count). The molecule has 0 aliphatic carbocycles. The number of hydrogen-bond acceptors (Lipinski definition) is 6. The van der Waals surface area contributed by atoms with E-state index in [0.717, 1.165) is 11.1 Å². The number of phenolic OH excluding ortho intramolecular Hbond substituents is 1. The number of aromatic hydroxyl groups is 1. The highest BCUT2D eigenvalue weighted by atomic mass is 35.5. The van der Waals surface area contributed by atoms with Gasteiger partial charge in [0.1, 0.15) is 5.75 Å². The number of amides is 1. The number of ether oxygens (including phenoxy) is 1. The molecule has 1 unspecified atom stereocenters. The lowest BCUT2D eigenvalue weighted by Gasteiger charge is -2.28. The summed E-state index contributed by atoms with van der Waals surface area (Å²) in [5.74, 6) is -1.72. The average Bonchev–Trinajstić information content (AvgIpc) is 3.39. The fourth-order valence-electron chi connectivity index (χ4n) is 4.54. The van der Waals surface area contributed by atoms with Gasteiger partial charge in [0.25, 0.3) is 5.91 Å². The van der Waals surface area contributed by atoms with Gasteiger partial charge in [-0.15, -0.1) is 0 Å². The van der Waals surface area contributed by atoms with Crippen LogP contribution in [0.4, 0.5) is 5.69 Å². The Morgan fingerprint density at radius 3 is 2.47 bits per heavy atom. The minimum atomic E-state index is -0.954. The number of benzene rings is 3. The van der Waals surface area contributed by atoms with Crippen LogP contribution in [0.25, 0.3) is 11.0 Å². The van der Waals surface area contributed by atoms with Crippen molar-refractivity contribution in [2.45, 2.75) is 19.9 Å². The number of carbonyl (C=O) groups excluding carboxylic acids is 2. The molecule has 182 valence electrons. The van der Waals surface area contributed by atoms with Gasteiger partial charge in [-0.3, -0.25) is 14.5 Å². The van der Waals surface area contributed by atoms with Gasteiger partial charge in [-0.05, 0) is 60.9 Å². The summed E-state index contributed by atoms with van der Waals surface area (Å²) in [6.45, 7) is 3.79. The van der Waals surface area contributed by atoms with Gasteiger partial charge < -0.3 is 19.4 Å². The summed E-state index contributed by atoms with van der Waals surface area (Å²) >= 11 is 6.16. The number of Topliss-reactive ketones (excluding diaryl/α,β-unsaturated/α-hetero) is 1. The molecular formula is C28H22ClNO6. The van der Waals surface area contributed by atoms with E-state index in [0.29, 0.717) is 33.0 Å². The number of hydrogen-bond donors (Lipinski definition) is 2. The lowest BCUT2D eigenvalue weighted by molar-refractivity contribution is -0.117. The highest BCUT2D eigenvalue weighted by molar-refractivity contribution is 6.31. The second-order valence-corrected chi connectivity index (χ2v) is 9.05. The van der Waals surface area contributed by atoms with Gasteiger partial charge in [0.2, 0.25) is 5.78 Å². The Kier molecular flexibility index (Phi) is 5.73. The number of fused-ring (bicyclic) bond motifs is 1. The molecule has 1 aliphatic rings. The molecule has 0 radical (unpaired) electrons. The Bertz CT molecular complexity index is 1570. The summed E-state index contributed by atoms with van der Waals surface area (Å²) < 4.78 is 11.2. The smallest absolute Gasteiger partial charge is 0.294 e. The van der Waals surface area contributed by atoms with Gasteiger partial charge in [0, 0.05) is 22.2 Å². The van der Waals surface area contributed by atoms with Gasteiger partial charge in [0.05, 0.1) is 18.7 Å². The van der Waals surface area contributed by atoms with Crippen molar-refractivity contribution in [3.05, 3.63) is 99.5 Å². The molecule has 36 heavy (non-hydrogen) atoms. The van der Waals surface area contributed by atoms with E-state index < -0.39 is 23.5 Å². The summed E-state index contributed by atoms with van der Waals surface area (Å²) in [4.78, 5) is 28.7. The first-order chi connectivity index (χ1) is 17.2. The molecule has 1 amide bonds. The highest BCUT2D eigenvalue weighted by Gasteiger charge is 2.46. The van der Waals surface area contributed by atoms with Crippen molar-refractivity contribution >= 4 is 39.9 Å². The van der Waals surface area contributed by atoms with Crippen molar-refractivity contribution in [3.63, 3.8) is 0 Å². The Balaban J connectivity index is 1.69. The molecular weight excluding hydrogens is 482 g/mol. The number of ketones is 1. The minimum absolute atomic E-state index is 0.0312. The van der Waals surface area contributed by atoms with Gasteiger partial charge >= 0.3 is 0 Å². The van der Waals surface area contributed by atoms with E-state index >= 15 is 0 Å². The Morgan fingerprint density at radius 2 is 1.78 bits per heavy atom. The normalized spacial score (nSPS) is 15.7. The van der Waals surface area contributed by atoms with Gasteiger partial charge in [-0.25, -0.2) is 0 Å². The molecule has 0 saturated heterocycles. The van der Waals surface area contributed by atoms with E-state index in [-0.39, 0.29) is 17.1 Å². The van der Waals surface area contributed by atoms with Crippen LogP contribution < -0.4 is 9.64 Å². The molecule has 2 heterocycles. The summed E-state index contributed by atoms with van der Waals surface area (Å²) in [6, 6.07) is 15.4. The molecule has 2 N–H and O–H groups in total. The van der Waals surface area contributed by atoms with E-state index in [4.69, 9.17) is 20.8 Å². The second kappa shape index (κ2) is 8.77. The van der Waals surface area contributed by atoms with Crippen LogP contribution >= 0.6 is 11.6 Å². The quantitative estimate of drug-likeness (QED) is 0.314. The molecule has 7 nitrogen and oxygen atoms in total. The van der Waals surface area contributed by atoms with Crippen LogP contribution in [0.15, 0.2) is 76.4 Å². The van der Waals surface area contributed by atoms with Crippen molar-refractivity contribution in [3.8, 4) is 11.5 Å². The number of aryl methyl sites for hydroxylation is 1. The summed E-state index contributed by atoms with van der Waals surface area (Å²) in [7, 11) is 1.46. The summed E-state index contributed by atoms with van der Waals surface area (Å²) in [5.41, 5.74) is 3.07. The molecule has 0 saturated carbocycles. The Morgan fingerprint density at radius 1 is 1.06 bits per heavy atom. The number of aliphatic hydroxyl groups is 1. The number of nitrogens with zero attached hydrogens (tertiary/aromatic N) is 1. The number of halogens is 1. The van der Waals surface area contributed by atoms with Crippen molar-refractivity contribution < 1.29 is 29.0 Å². The average molecular weight is 504 g/mol. The monoisotopic (exact) mass is 503 g/mol. The topological polar surface area (TPSA) is 100 Å². The van der Waals surface area contributed by atoms with Crippen LogP contribution in [0.3, 0.4) is 0 Å². The fourth-order valence-corrected chi connectivity index (χ4v) is 4.75. The minimum Gasteiger partial charge on any atom is -0.508 e. The maximum atomic E-state index is 13.8. The maximum Gasteiger partial charge on any atom is 0.294 e. The molecule has 1 atom stereocenters. The van der Waals surface area contributed by atoms with E-state index in [1.54, 1.807) is 30.3 Å². The number of carbonyl (C=O) groups is 2. The van der Waals surface area contributed by atoms with Crippen molar-refractivity contribution in [1.29, 1.82) is 0 Å². The molecule has 0 fully saturated rings. The molecule has 3 aromatic carbocycles. The van der Waals surface area contributed by atoms with E-state index in [1.807, 2.05) is 26.0 Å². The molecule has 0 spiro atoms. The van der Waals surface area contributed by atoms with Crippen LogP contribution in [0.2, 0.25) is 5.02 Å². The van der Waals surface area contributed by atoms with Crippen molar-refractivity contribution in [1.82, 2.24) is 0 Å². The number of aliphatic hydroxyl groups excluding tert-OH is 1. The number of anilines is 1. The zero-order chi connectivity index (χ0) is 25.7. The first kappa shape index (κ1) is 23.5. The molecule has 1 aliphatic heterocycles. The predicted molar refractivity (Wildman–Crippen MR) is 136 cm³/mol. The fraction of sp³-hybridized carbons (Fsp3) is 0.143. The van der Waals surface area contributed by atoms with E-state index in [9.17, 15) is 19.8 Å². The zero-order valence-electron chi connectivity index (χ0n) is 19.7. The molecule has 4 aromatic rings. The van der Waals surface area contributed by atoms with Crippen LogP contribution in [0.1, 0.15) is 33.3 Å². The first-order valence-electron chi connectivity index (χ1n) is 11.1. The van der Waals surface area contributed by atoms with Crippen LogP contribution in [0, 0.1) is 13.8 Å². The number of rotatable bonds is 5. The van der Waals surface area contributed by atoms with Crippen LogP contribution in [-0.4, -0.2) is 29.0 Å². The first-order valence-corrected chi connectivity index (χ1v) is 11.5. The largest absolute Gasteiger partial charge is 0.508 e. The molecule has 1 aromatic heterocycles. The lowest BCUT2D eigenvalue weighted by Crippen LogP contribution is -2.31. The van der Waals surface area contributed by atoms with Gasteiger partial charge in [-0.1, -0.05) is 35.9 Å². The Labute approximate surface area is 211 Å². The Hall–Kier alpha value is -4.23. The molecule has 8 heteroatoms. The lowest BCUT2D eigenvalue weighted by atomic mass is 9.94. The van der Waals surface area contributed by atoms with Crippen LogP contribution in [-0.2, 0) is 4.79 Å². The van der Waals surface area contributed by atoms with E-state index in [1.165, 1.54) is 30.2 Å². The zero-order valence-corrected chi connectivity index (χ0v) is 20.5. The van der Waals surface area contributed by atoms with Gasteiger partial charge in [-0.2, -0.15) is 0 Å².